The molecule has 1 saturated heterocycles. The smallest absolute Gasteiger partial charge is 0.315 e. The quantitative estimate of drug-likeness (QED) is 0.744. The lowest BCUT2D eigenvalue weighted by Gasteiger charge is -2.26. The van der Waals surface area contributed by atoms with Crippen LogP contribution in [0.15, 0.2) is 48.5 Å². The molecule has 28 heavy (non-hydrogen) atoms. The number of hydrogen-bond donors (Lipinski definition) is 3. The summed E-state index contributed by atoms with van der Waals surface area (Å²) >= 11 is 0. The highest BCUT2D eigenvalue weighted by molar-refractivity contribution is 5.74. The number of urea groups is 1. The Hall–Kier alpha value is -2.53. The number of carbonyl (C=O) groups excluding carboxylic acids is 1. The minimum atomic E-state index is -0.121. The van der Waals surface area contributed by atoms with Crippen LogP contribution in [0.1, 0.15) is 42.5 Å². The fourth-order valence-electron chi connectivity index (χ4n) is 4.53. The molecule has 2 aromatic rings. The van der Waals surface area contributed by atoms with Gasteiger partial charge >= 0.3 is 6.03 Å². The first-order chi connectivity index (χ1) is 13.5. The van der Waals surface area contributed by atoms with E-state index in [0.717, 1.165) is 50.0 Å². The topological polar surface area (TPSA) is 64.6 Å². The zero-order chi connectivity index (χ0) is 19.6. The van der Waals surface area contributed by atoms with E-state index in [2.05, 4.69) is 46.7 Å². The maximum atomic E-state index is 12.5. The van der Waals surface area contributed by atoms with Gasteiger partial charge in [0.15, 0.2) is 0 Å². The summed E-state index contributed by atoms with van der Waals surface area (Å²) in [6.45, 7) is 5.93. The molecule has 5 heteroatoms. The average molecular weight is 380 g/mol. The van der Waals surface area contributed by atoms with Crippen LogP contribution in [0.3, 0.4) is 0 Å². The van der Waals surface area contributed by atoms with Crippen molar-refractivity contribution >= 4 is 6.03 Å². The Kier molecular flexibility index (Phi) is 5.27. The number of phenols is 1. The predicted molar refractivity (Wildman–Crippen MR) is 110 cm³/mol. The van der Waals surface area contributed by atoms with Crippen molar-refractivity contribution in [1.29, 1.82) is 0 Å². The highest BCUT2D eigenvalue weighted by atomic mass is 16.3. The monoisotopic (exact) mass is 379 g/mol. The fraction of sp³-hybridized carbons (Fsp3) is 0.435. The summed E-state index contributed by atoms with van der Waals surface area (Å²) in [7, 11) is 0. The third-order valence-electron chi connectivity index (χ3n) is 6.11. The minimum Gasteiger partial charge on any atom is -0.508 e. The number of benzene rings is 2. The van der Waals surface area contributed by atoms with Gasteiger partial charge in [0.25, 0.3) is 0 Å². The zero-order valence-electron chi connectivity index (χ0n) is 16.4. The first-order valence-electron chi connectivity index (χ1n) is 10.1. The number of fused-ring (bicyclic) bond motifs is 1. The molecule has 5 nitrogen and oxygen atoms in total. The molecule has 4 rings (SSSR count). The Morgan fingerprint density at radius 1 is 1.21 bits per heavy atom. The number of hydrogen-bond acceptors (Lipinski definition) is 3. The van der Waals surface area contributed by atoms with Gasteiger partial charge in [0.05, 0.1) is 6.04 Å². The van der Waals surface area contributed by atoms with Gasteiger partial charge in [0, 0.05) is 19.6 Å². The van der Waals surface area contributed by atoms with E-state index >= 15 is 0 Å². The van der Waals surface area contributed by atoms with Gasteiger partial charge in [-0.05, 0) is 54.0 Å². The van der Waals surface area contributed by atoms with Gasteiger partial charge in [-0.3, -0.25) is 4.90 Å². The first-order valence-corrected chi connectivity index (χ1v) is 10.1. The van der Waals surface area contributed by atoms with Crippen LogP contribution in [0.2, 0.25) is 0 Å². The molecule has 0 spiro atoms. The summed E-state index contributed by atoms with van der Waals surface area (Å²) in [5.41, 5.74) is 3.43. The van der Waals surface area contributed by atoms with Crippen molar-refractivity contribution in [2.75, 3.05) is 19.6 Å². The van der Waals surface area contributed by atoms with Gasteiger partial charge in [0.1, 0.15) is 5.75 Å². The maximum Gasteiger partial charge on any atom is 0.315 e. The number of rotatable bonds is 5. The number of nitrogens with one attached hydrogen (secondary N) is 2. The van der Waals surface area contributed by atoms with Gasteiger partial charge < -0.3 is 15.7 Å². The van der Waals surface area contributed by atoms with Crippen LogP contribution in [-0.4, -0.2) is 35.7 Å². The molecule has 1 fully saturated rings. The van der Waals surface area contributed by atoms with Crippen molar-refractivity contribution < 1.29 is 9.90 Å². The SMILES string of the molecule is CC1(CNC(=O)NC2CCc3c(O)cccc32)CCN(Cc2ccccc2)C1. The zero-order valence-corrected chi connectivity index (χ0v) is 16.4. The summed E-state index contributed by atoms with van der Waals surface area (Å²) in [6.07, 6.45) is 2.72. The Morgan fingerprint density at radius 3 is 2.86 bits per heavy atom. The highest BCUT2D eigenvalue weighted by Gasteiger charge is 2.34. The van der Waals surface area contributed by atoms with Crippen molar-refractivity contribution in [2.45, 2.75) is 38.8 Å². The van der Waals surface area contributed by atoms with Crippen molar-refractivity contribution in [3.8, 4) is 5.75 Å². The predicted octanol–water partition coefficient (Wildman–Crippen LogP) is 3.59. The molecule has 3 N–H and O–H groups in total. The standard InChI is InChI=1S/C23H29N3O2/c1-23(12-13-26(16-23)14-17-6-3-2-4-7-17)15-24-22(28)25-20-11-10-19-18(20)8-5-9-21(19)27/h2-9,20,27H,10-16H2,1H3,(H2,24,25,28). The lowest BCUT2D eigenvalue weighted by atomic mass is 9.90. The second kappa shape index (κ2) is 7.84. The number of likely N-dealkylation sites (tertiary alicyclic amines) is 1. The number of phenolic OH excluding ortho intramolecular Hbond substituents is 1. The molecular formula is C23H29N3O2. The molecule has 2 aromatic carbocycles. The van der Waals surface area contributed by atoms with Crippen molar-refractivity contribution in [3.63, 3.8) is 0 Å². The van der Waals surface area contributed by atoms with E-state index in [9.17, 15) is 9.90 Å². The molecule has 2 amide bonds. The molecule has 2 aliphatic rings. The number of carbonyl (C=O) groups is 1. The second-order valence-electron chi connectivity index (χ2n) is 8.52. The van der Waals surface area contributed by atoms with Crippen molar-refractivity contribution in [2.24, 2.45) is 5.41 Å². The van der Waals surface area contributed by atoms with Crippen LogP contribution in [0.5, 0.6) is 5.75 Å². The lowest BCUT2D eigenvalue weighted by Crippen LogP contribution is -2.43. The summed E-state index contributed by atoms with van der Waals surface area (Å²) in [6, 6.07) is 15.9. The molecular weight excluding hydrogens is 350 g/mol. The van der Waals surface area contributed by atoms with Gasteiger partial charge in [-0.15, -0.1) is 0 Å². The van der Waals surface area contributed by atoms with Crippen LogP contribution < -0.4 is 10.6 Å². The van der Waals surface area contributed by atoms with E-state index in [1.54, 1.807) is 6.07 Å². The minimum absolute atomic E-state index is 0.0203. The number of nitrogens with zero attached hydrogens (tertiary/aromatic N) is 1. The van der Waals surface area contributed by atoms with Crippen LogP contribution in [-0.2, 0) is 13.0 Å². The number of aromatic hydroxyl groups is 1. The third kappa shape index (κ3) is 4.14. The van der Waals surface area contributed by atoms with Gasteiger partial charge in [-0.1, -0.05) is 49.4 Å². The number of amides is 2. The van der Waals surface area contributed by atoms with E-state index in [4.69, 9.17) is 0 Å². The van der Waals surface area contributed by atoms with Crippen LogP contribution in [0, 0.1) is 5.41 Å². The Morgan fingerprint density at radius 2 is 2.04 bits per heavy atom. The van der Waals surface area contributed by atoms with Gasteiger partial charge in [-0.2, -0.15) is 0 Å². The van der Waals surface area contributed by atoms with Crippen molar-refractivity contribution in [3.05, 3.63) is 65.2 Å². The molecule has 1 aliphatic carbocycles. The fourth-order valence-corrected chi connectivity index (χ4v) is 4.53. The van der Waals surface area contributed by atoms with E-state index in [0.29, 0.717) is 12.3 Å². The average Bonchev–Trinajstić information content (AvgIpc) is 3.26. The first kappa shape index (κ1) is 18.8. The van der Waals surface area contributed by atoms with E-state index in [-0.39, 0.29) is 17.5 Å². The second-order valence-corrected chi connectivity index (χ2v) is 8.52. The molecule has 2 atom stereocenters. The van der Waals surface area contributed by atoms with Crippen LogP contribution >= 0.6 is 0 Å². The molecule has 0 bridgehead atoms. The van der Waals surface area contributed by atoms with Gasteiger partial charge in [-0.25, -0.2) is 4.79 Å². The Balaban J connectivity index is 1.27. The highest BCUT2D eigenvalue weighted by Crippen LogP contribution is 2.36. The third-order valence-corrected chi connectivity index (χ3v) is 6.11. The van der Waals surface area contributed by atoms with Crippen LogP contribution in [0.25, 0.3) is 0 Å². The molecule has 1 aliphatic heterocycles. The van der Waals surface area contributed by atoms with E-state index in [1.807, 2.05) is 18.2 Å². The molecule has 2 unspecified atom stereocenters. The molecule has 148 valence electrons. The molecule has 0 aromatic heterocycles. The van der Waals surface area contributed by atoms with Crippen molar-refractivity contribution in [1.82, 2.24) is 15.5 Å². The van der Waals surface area contributed by atoms with E-state index in [1.165, 1.54) is 5.56 Å². The Labute approximate surface area is 166 Å². The van der Waals surface area contributed by atoms with E-state index < -0.39 is 0 Å². The largest absolute Gasteiger partial charge is 0.508 e. The Bertz CT molecular complexity index is 839. The summed E-state index contributed by atoms with van der Waals surface area (Å²) < 4.78 is 0. The normalized spacial score (nSPS) is 24.1. The van der Waals surface area contributed by atoms with Gasteiger partial charge in [0.2, 0.25) is 0 Å². The lowest BCUT2D eigenvalue weighted by molar-refractivity contribution is 0.224. The molecule has 0 radical (unpaired) electrons. The maximum absolute atomic E-state index is 12.5. The summed E-state index contributed by atoms with van der Waals surface area (Å²) in [5, 5.41) is 16.1. The summed E-state index contributed by atoms with van der Waals surface area (Å²) in [5.74, 6) is 0.333. The van der Waals surface area contributed by atoms with Crippen LogP contribution in [0.4, 0.5) is 4.79 Å². The molecule has 1 heterocycles. The summed E-state index contributed by atoms with van der Waals surface area (Å²) in [4.78, 5) is 14.9. The molecule has 0 saturated carbocycles.